The Bertz CT molecular complexity index is 622. The summed E-state index contributed by atoms with van der Waals surface area (Å²) in [5.41, 5.74) is 6.18. The molecule has 5 nitrogen and oxygen atoms in total. The van der Waals surface area contributed by atoms with Crippen LogP contribution in [-0.4, -0.2) is 12.8 Å². The van der Waals surface area contributed by atoms with Crippen LogP contribution >= 0.6 is 0 Å². The van der Waals surface area contributed by atoms with Crippen LogP contribution in [0.15, 0.2) is 34.7 Å². The standard InChI is InChI=1S/C16H19NO4/c1-3-12(17)16(14-6-4-10(2)20-14)21-11-5-7-13-15(8-11)19-9-18-13/h4-8,12,16H,3,9,17H2,1-2H3. The molecule has 0 saturated carbocycles. The highest BCUT2D eigenvalue weighted by molar-refractivity contribution is 5.47. The van der Waals surface area contributed by atoms with Gasteiger partial charge in [-0.2, -0.15) is 0 Å². The van der Waals surface area contributed by atoms with Crippen molar-refractivity contribution in [2.75, 3.05) is 6.79 Å². The van der Waals surface area contributed by atoms with Crippen molar-refractivity contribution in [2.24, 2.45) is 5.73 Å². The molecule has 2 N–H and O–H groups in total. The Kier molecular flexibility index (Phi) is 3.75. The molecule has 1 aliphatic heterocycles. The van der Waals surface area contributed by atoms with E-state index in [0.717, 1.165) is 23.7 Å². The average molecular weight is 289 g/mol. The maximum absolute atomic E-state index is 6.18. The highest BCUT2D eigenvalue weighted by Gasteiger charge is 2.25. The van der Waals surface area contributed by atoms with E-state index in [1.54, 1.807) is 0 Å². The molecule has 1 aromatic heterocycles. The molecule has 3 rings (SSSR count). The van der Waals surface area contributed by atoms with Crippen molar-refractivity contribution in [3.8, 4) is 17.2 Å². The number of rotatable bonds is 5. The highest BCUT2D eigenvalue weighted by atomic mass is 16.7. The van der Waals surface area contributed by atoms with E-state index in [1.807, 2.05) is 44.2 Å². The van der Waals surface area contributed by atoms with Crippen LogP contribution in [0.3, 0.4) is 0 Å². The summed E-state index contributed by atoms with van der Waals surface area (Å²) in [4.78, 5) is 0. The number of fused-ring (bicyclic) bond motifs is 1. The zero-order valence-electron chi connectivity index (χ0n) is 12.2. The van der Waals surface area contributed by atoms with Crippen LogP contribution in [0.4, 0.5) is 0 Å². The molecular weight excluding hydrogens is 270 g/mol. The maximum Gasteiger partial charge on any atom is 0.231 e. The Hall–Kier alpha value is -2.14. The van der Waals surface area contributed by atoms with Gasteiger partial charge in [-0.15, -0.1) is 0 Å². The fourth-order valence-corrected chi connectivity index (χ4v) is 2.27. The van der Waals surface area contributed by atoms with Crippen LogP contribution < -0.4 is 19.9 Å². The van der Waals surface area contributed by atoms with Gasteiger partial charge in [0.05, 0.1) is 0 Å². The minimum absolute atomic E-state index is 0.152. The summed E-state index contributed by atoms with van der Waals surface area (Å²) in [5.74, 6) is 3.67. The predicted octanol–water partition coefficient (Wildman–Crippen LogP) is 3.17. The molecule has 21 heavy (non-hydrogen) atoms. The first kappa shape index (κ1) is 13.8. The van der Waals surface area contributed by atoms with Gasteiger partial charge in [-0.05, 0) is 37.6 Å². The molecule has 0 radical (unpaired) electrons. The Labute approximate surface area is 123 Å². The molecule has 2 aromatic rings. The Morgan fingerprint density at radius 3 is 2.71 bits per heavy atom. The molecule has 0 spiro atoms. The molecule has 112 valence electrons. The minimum Gasteiger partial charge on any atom is -0.481 e. The zero-order valence-corrected chi connectivity index (χ0v) is 12.2. The highest BCUT2D eigenvalue weighted by Crippen LogP contribution is 2.37. The smallest absolute Gasteiger partial charge is 0.231 e. The molecule has 1 aromatic carbocycles. The van der Waals surface area contributed by atoms with Crippen molar-refractivity contribution in [1.82, 2.24) is 0 Å². The second-order valence-electron chi connectivity index (χ2n) is 5.07. The predicted molar refractivity (Wildman–Crippen MR) is 77.6 cm³/mol. The molecule has 0 bridgehead atoms. The van der Waals surface area contributed by atoms with Gasteiger partial charge in [-0.3, -0.25) is 0 Å². The first-order valence-corrected chi connectivity index (χ1v) is 7.05. The number of benzene rings is 1. The van der Waals surface area contributed by atoms with E-state index in [4.69, 9.17) is 24.4 Å². The molecule has 0 aliphatic carbocycles. The molecule has 1 aliphatic rings. The monoisotopic (exact) mass is 289 g/mol. The molecular formula is C16H19NO4. The summed E-state index contributed by atoms with van der Waals surface area (Å²) >= 11 is 0. The van der Waals surface area contributed by atoms with Gasteiger partial charge in [0, 0.05) is 12.1 Å². The fourth-order valence-electron chi connectivity index (χ4n) is 2.27. The number of ether oxygens (including phenoxy) is 3. The number of furan rings is 1. The lowest BCUT2D eigenvalue weighted by Gasteiger charge is -2.22. The van der Waals surface area contributed by atoms with Crippen LogP contribution in [0.1, 0.15) is 31.0 Å². The van der Waals surface area contributed by atoms with Crippen LogP contribution in [-0.2, 0) is 0 Å². The van der Waals surface area contributed by atoms with Crippen LogP contribution in [0.5, 0.6) is 17.2 Å². The van der Waals surface area contributed by atoms with E-state index in [9.17, 15) is 0 Å². The lowest BCUT2D eigenvalue weighted by atomic mass is 10.1. The Balaban J connectivity index is 1.84. The van der Waals surface area contributed by atoms with Gasteiger partial charge in [0.2, 0.25) is 6.79 Å². The summed E-state index contributed by atoms with van der Waals surface area (Å²) in [5, 5.41) is 0. The second-order valence-corrected chi connectivity index (χ2v) is 5.07. The zero-order chi connectivity index (χ0) is 14.8. The van der Waals surface area contributed by atoms with Crippen LogP contribution in [0.25, 0.3) is 0 Å². The van der Waals surface area contributed by atoms with Crippen molar-refractivity contribution in [1.29, 1.82) is 0 Å². The molecule has 2 atom stereocenters. The Morgan fingerprint density at radius 1 is 1.19 bits per heavy atom. The van der Waals surface area contributed by atoms with Crippen molar-refractivity contribution >= 4 is 0 Å². The van der Waals surface area contributed by atoms with E-state index >= 15 is 0 Å². The lowest BCUT2D eigenvalue weighted by molar-refractivity contribution is 0.143. The first-order chi connectivity index (χ1) is 10.2. The van der Waals surface area contributed by atoms with Gasteiger partial charge in [-0.25, -0.2) is 0 Å². The van der Waals surface area contributed by atoms with Crippen LogP contribution in [0, 0.1) is 6.92 Å². The lowest BCUT2D eigenvalue weighted by Crippen LogP contribution is -2.31. The molecule has 2 unspecified atom stereocenters. The van der Waals surface area contributed by atoms with E-state index in [1.165, 1.54) is 0 Å². The largest absolute Gasteiger partial charge is 0.481 e. The first-order valence-electron chi connectivity index (χ1n) is 7.05. The molecule has 0 fully saturated rings. The average Bonchev–Trinajstić information content (AvgIpc) is 3.12. The number of hydrogen-bond donors (Lipinski definition) is 1. The van der Waals surface area contributed by atoms with E-state index in [-0.39, 0.29) is 18.9 Å². The van der Waals surface area contributed by atoms with Gasteiger partial charge in [0.25, 0.3) is 0 Å². The number of aryl methyl sites for hydroxylation is 1. The number of nitrogens with two attached hydrogens (primary N) is 1. The fraction of sp³-hybridized carbons (Fsp3) is 0.375. The summed E-state index contributed by atoms with van der Waals surface area (Å²) in [7, 11) is 0. The Morgan fingerprint density at radius 2 is 2.00 bits per heavy atom. The summed E-state index contributed by atoms with van der Waals surface area (Å²) in [6.45, 7) is 4.17. The van der Waals surface area contributed by atoms with Crippen molar-refractivity contribution in [3.05, 3.63) is 41.9 Å². The van der Waals surface area contributed by atoms with Gasteiger partial charge < -0.3 is 24.4 Å². The number of hydrogen-bond acceptors (Lipinski definition) is 5. The summed E-state index contributed by atoms with van der Waals surface area (Å²) in [6, 6.07) is 9.16. The van der Waals surface area contributed by atoms with Crippen molar-refractivity contribution < 1.29 is 18.6 Å². The van der Waals surface area contributed by atoms with Crippen LogP contribution in [0.2, 0.25) is 0 Å². The maximum atomic E-state index is 6.18. The third-order valence-corrected chi connectivity index (χ3v) is 3.51. The normalized spacial score (nSPS) is 15.8. The third kappa shape index (κ3) is 2.83. The molecule has 0 saturated heterocycles. The van der Waals surface area contributed by atoms with Gasteiger partial charge in [0.1, 0.15) is 17.3 Å². The third-order valence-electron chi connectivity index (χ3n) is 3.51. The molecule has 5 heteroatoms. The van der Waals surface area contributed by atoms with Gasteiger partial charge in [0.15, 0.2) is 17.6 Å². The van der Waals surface area contributed by atoms with E-state index in [2.05, 4.69) is 0 Å². The molecule has 0 amide bonds. The second kappa shape index (κ2) is 5.69. The van der Waals surface area contributed by atoms with E-state index in [0.29, 0.717) is 11.5 Å². The van der Waals surface area contributed by atoms with Crippen molar-refractivity contribution in [3.63, 3.8) is 0 Å². The van der Waals surface area contributed by atoms with Crippen molar-refractivity contribution in [2.45, 2.75) is 32.4 Å². The van der Waals surface area contributed by atoms with Gasteiger partial charge in [-0.1, -0.05) is 6.92 Å². The minimum atomic E-state index is -0.330. The summed E-state index contributed by atoms with van der Waals surface area (Å²) < 4.78 is 22.4. The quantitative estimate of drug-likeness (QED) is 0.915. The topological polar surface area (TPSA) is 66.9 Å². The SMILES string of the molecule is CCC(N)C(Oc1ccc2c(c1)OCO2)c1ccc(C)o1. The summed E-state index contributed by atoms with van der Waals surface area (Å²) in [6.07, 6.45) is 0.457. The van der Waals surface area contributed by atoms with E-state index < -0.39 is 0 Å². The van der Waals surface area contributed by atoms with Gasteiger partial charge >= 0.3 is 0 Å². The molecule has 2 heterocycles.